The van der Waals surface area contributed by atoms with Crippen molar-refractivity contribution in [1.29, 1.82) is 0 Å². The molecule has 1 nitrogen and oxygen atoms in total. The van der Waals surface area contributed by atoms with Gasteiger partial charge in [-0.2, -0.15) is 0 Å². The van der Waals surface area contributed by atoms with Crippen molar-refractivity contribution < 1.29 is 0 Å². The van der Waals surface area contributed by atoms with Crippen LogP contribution in [-0.4, -0.2) is 12.1 Å². The third-order valence-electron chi connectivity index (χ3n) is 2.69. The summed E-state index contributed by atoms with van der Waals surface area (Å²) in [5.74, 6) is 0. The molecule has 1 N–H and O–H groups in total. The number of rotatable bonds is 0. The molecular formula is C8H15N. The summed E-state index contributed by atoms with van der Waals surface area (Å²) in [6.45, 7) is 0. The van der Waals surface area contributed by atoms with E-state index in [1.165, 1.54) is 38.5 Å². The van der Waals surface area contributed by atoms with Gasteiger partial charge in [-0.3, -0.25) is 0 Å². The largest absolute Gasteiger partial charge is 0.311 e. The Morgan fingerprint density at radius 3 is 1.89 bits per heavy atom. The molecule has 0 saturated carbocycles. The quantitative estimate of drug-likeness (QED) is 0.519. The van der Waals surface area contributed by atoms with Crippen molar-refractivity contribution in [3.05, 3.63) is 0 Å². The van der Waals surface area contributed by atoms with Crippen LogP contribution in [0.2, 0.25) is 0 Å². The minimum absolute atomic E-state index is 0.900. The van der Waals surface area contributed by atoms with Gasteiger partial charge in [0.15, 0.2) is 0 Å². The van der Waals surface area contributed by atoms with E-state index in [-0.39, 0.29) is 0 Å². The molecule has 0 amide bonds. The molecule has 2 bridgehead atoms. The van der Waals surface area contributed by atoms with E-state index in [0.29, 0.717) is 0 Å². The fraction of sp³-hybridized carbons (Fsp3) is 1.00. The van der Waals surface area contributed by atoms with Crippen LogP contribution in [0.5, 0.6) is 0 Å². The van der Waals surface area contributed by atoms with E-state index in [1.807, 2.05) is 0 Å². The number of nitrogens with one attached hydrogen (secondary N) is 1. The average molecular weight is 125 g/mol. The Morgan fingerprint density at radius 1 is 0.778 bits per heavy atom. The SMILES string of the molecule is C1CCC2CCC(C1)N2. The van der Waals surface area contributed by atoms with Gasteiger partial charge in [0.1, 0.15) is 0 Å². The van der Waals surface area contributed by atoms with Crippen LogP contribution in [0, 0.1) is 0 Å². The van der Waals surface area contributed by atoms with Crippen LogP contribution in [0.25, 0.3) is 0 Å². The summed E-state index contributed by atoms with van der Waals surface area (Å²) >= 11 is 0. The highest BCUT2D eigenvalue weighted by molar-refractivity contribution is 4.85. The van der Waals surface area contributed by atoms with Crippen molar-refractivity contribution in [3.8, 4) is 0 Å². The van der Waals surface area contributed by atoms with Gasteiger partial charge < -0.3 is 5.32 Å². The molecule has 0 spiro atoms. The summed E-state index contributed by atoms with van der Waals surface area (Å²) in [7, 11) is 0. The first kappa shape index (κ1) is 5.72. The lowest BCUT2D eigenvalue weighted by Crippen LogP contribution is -2.26. The van der Waals surface area contributed by atoms with Crippen molar-refractivity contribution in [3.63, 3.8) is 0 Å². The minimum Gasteiger partial charge on any atom is -0.311 e. The lowest BCUT2D eigenvalue weighted by Gasteiger charge is -2.06. The van der Waals surface area contributed by atoms with E-state index in [9.17, 15) is 0 Å². The summed E-state index contributed by atoms with van der Waals surface area (Å²) in [4.78, 5) is 0. The highest BCUT2D eigenvalue weighted by Gasteiger charge is 2.25. The second kappa shape index (κ2) is 2.30. The monoisotopic (exact) mass is 125 g/mol. The molecule has 2 rings (SSSR count). The fourth-order valence-electron chi connectivity index (χ4n) is 2.14. The molecule has 0 aromatic heterocycles. The van der Waals surface area contributed by atoms with E-state index in [1.54, 1.807) is 0 Å². The highest BCUT2D eigenvalue weighted by Crippen LogP contribution is 2.24. The van der Waals surface area contributed by atoms with Crippen molar-refractivity contribution in [2.75, 3.05) is 0 Å². The van der Waals surface area contributed by atoms with Crippen LogP contribution in [0.15, 0.2) is 0 Å². The molecule has 2 aliphatic heterocycles. The van der Waals surface area contributed by atoms with Crippen LogP contribution in [-0.2, 0) is 0 Å². The van der Waals surface area contributed by atoms with Gasteiger partial charge in [-0.25, -0.2) is 0 Å². The third-order valence-corrected chi connectivity index (χ3v) is 2.69. The van der Waals surface area contributed by atoms with Crippen molar-refractivity contribution in [2.45, 2.75) is 50.6 Å². The molecule has 0 aromatic carbocycles. The lowest BCUT2D eigenvalue weighted by molar-refractivity contribution is 0.547. The maximum Gasteiger partial charge on any atom is 0.00702 e. The fourth-order valence-corrected chi connectivity index (χ4v) is 2.14. The van der Waals surface area contributed by atoms with Gasteiger partial charge in [0.05, 0.1) is 0 Å². The lowest BCUT2D eigenvalue weighted by atomic mass is 10.0. The van der Waals surface area contributed by atoms with Gasteiger partial charge in [-0.1, -0.05) is 12.8 Å². The molecule has 0 radical (unpaired) electrons. The van der Waals surface area contributed by atoms with Crippen LogP contribution >= 0.6 is 0 Å². The maximum absolute atomic E-state index is 3.65. The Labute approximate surface area is 56.8 Å². The molecule has 1 heteroatoms. The molecule has 2 heterocycles. The number of hydrogen-bond acceptors (Lipinski definition) is 1. The maximum atomic E-state index is 3.65. The molecule has 2 fully saturated rings. The summed E-state index contributed by atoms with van der Waals surface area (Å²) in [6.07, 6.45) is 8.71. The van der Waals surface area contributed by atoms with Gasteiger partial charge in [0.2, 0.25) is 0 Å². The molecule has 2 unspecified atom stereocenters. The number of fused-ring (bicyclic) bond motifs is 2. The van der Waals surface area contributed by atoms with Crippen molar-refractivity contribution in [2.24, 2.45) is 0 Å². The molecule has 2 saturated heterocycles. The Kier molecular flexibility index (Phi) is 1.46. The van der Waals surface area contributed by atoms with Crippen LogP contribution in [0.3, 0.4) is 0 Å². The minimum atomic E-state index is 0.900. The first-order valence-electron chi connectivity index (χ1n) is 4.21. The summed E-state index contributed by atoms with van der Waals surface area (Å²) in [5.41, 5.74) is 0. The summed E-state index contributed by atoms with van der Waals surface area (Å²) in [6, 6.07) is 1.80. The predicted octanol–water partition coefficient (Wildman–Crippen LogP) is 1.68. The smallest absolute Gasteiger partial charge is 0.00702 e. The van der Waals surface area contributed by atoms with Crippen LogP contribution in [0.4, 0.5) is 0 Å². The van der Waals surface area contributed by atoms with E-state index < -0.39 is 0 Å². The topological polar surface area (TPSA) is 12.0 Å². The molecule has 0 aliphatic carbocycles. The predicted molar refractivity (Wildman–Crippen MR) is 38.4 cm³/mol. The zero-order valence-corrected chi connectivity index (χ0v) is 5.90. The van der Waals surface area contributed by atoms with Crippen molar-refractivity contribution >= 4 is 0 Å². The Bertz CT molecular complexity index is 88.7. The Morgan fingerprint density at radius 2 is 1.33 bits per heavy atom. The van der Waals surface area contributed by atoms with Crippen LogP contribution in [0.1, 0.15) is 38.5 Å². The van der Waals surface area contributed by atoms with E-state index in [0.717, 1.165) is 12.1 Å². The Balaban J connectivity index is 1.99. The molecule has 2 atom stereocenters. The van der Waals surface area contributed by atoms with Gasteiger partial charge in [-0.05, 0) is 25.7 Å². The zero-order valence-electron chi connectivity index (χ0n) is 5.90. The second-order valence-corrected chi connectivity index (χ2v) is 3.42. The normalized spacial score (nSPS) is 42.7. The van der Waals surface area contributed by atoms with Gasteiger partial charge in [0, 0.05) is 12.1 Å². The molecule has 9 heavy (non-hydrogen) atoms. The second-order valence-electron chi connectivity index (χ2n) is 3.42. The molecular weight excluding hydrogens is 110 g/mol. The van der Waals surface area contributed by atoms with E-state index >= 15 is 0 Å². The summed E-state index contributed by atoms with van der Waals surface area (Å²) in [5, 5.41) is 3.65. The average Bonchev–Trinajstić information content (AvgIpc) is 2.09. The van der Waals surface area contributed by atoms with E-state index in [4.69, 9.17) is 0 Å². The molecule has 2 aliphatic rings. The summed E-state index contributed by atoms with van der Waals surface area (Å²) < 4.78 is 0. The molecule has 0 aromatic rings. The molecule has 52 valence electrons. The van der Waals surface area contributed by atoms with Crippen molar-refractivity contribution in [1.82, 2.24) is 5.32 Å². The third kappa shape index (κ3) is 1.11. The van der Waals surface area contributed by atoms with E-state index in [2.05, 4.69) is 5.32 Å². The van der Waals surface area contributed by atoms with Gasteiger partial charge in [-0.15, -0.1) is 0 Å². The first-order chi connectivity index (χ1) is 4.45. The Hall–Kier alpha value is -0.0400. The highest BCUT2D eigenvalue weighted by atomic mass is 15.0. The van der Waals surface area contributed by atoms with Gasteiger partial charge >= 0.3 is 0 Å². The van der Waals surface area contributed by atoms with Gasteiger partial charge in [0.25, 0.3) is 0 Å². The van der Waals surface area contributed by atoms with Crippen LogP contribution < -0.4 is 5.32 Å². The zero-order chi connectivity index (χ0) is 6.10. The number of hydrogen-bond donors (Lipinski definition) is 1. The first-order valence-corrected chi connectivity index (χ1v) is 4.21. The standard InChI is InChI=1S/C8H15N/c1-2-4-8-6-5-7(3-1)9-8/h7-9H,1-6H2.